The molecule has 1 unspecified atom stereocenters. The summed E-state index contributed by atoms with van der Waals surface area (Å²) in [5.41, 5.74) is 6.36. The van der Waals surface area contributed by atoms with Gasteiger partial charge in [-0.15, -0.1) is 0 Å². The molecule has 5 nitrogen and oxygen atoms in total. The average Bonchev–Trinajstić information content (AvgIpc) is 2.66. The van der Waals surface area contributed by atoms with Crippen molar-refractivity contribution in [3.05, 3.63) is 29.8 Å². The number of anilines is 1. The summed E-state index contributed by atoms with van der Waals surface area (Å²) in [6.45, 7) is 5.93. The van der Waals surface area contributed by atoms with E-state index in [9.17, 15) is 9.59 Å². The van der Waals surface area contributed by atoms with Crippen LogP contribution >= 0.6 is 0 Å². The van der Waals surface area contributed by atoms with Gasteiger partial charge in [0.25, 0.3) is 0 Å². The fraction of sp³-hybridized carbons (Fsp3) is 0.467. The first-order valence-corrected chi connectivity index (χ1v) is 6.65. The molecule has 2 rings (SSSR count). The first-order chi connectivity index (χ1) is 9.26. The molecule has 1 aliphatic rings. The summed E-state index contributed by atoms with van der Waals surface area (Å²) in [5, 5.41) is 0. The Balaban J connectivity index is 2.20. The van der Waals surface area contributed by atoms with Crippen LogP contribution in [-0.4, -0.2) is 30.1 Å². The van der Waals surface area contributed by atoms with Crippen LogP contribution in [0.15, 0.2) is 24.3 Å². The number of amides is 1. The van der Waals surface area contributed by atoms with Gasteiger partial charge in [-0.3, -0.25) is 4.79 Å². The van der Waals surface area contributed by atoms with E-state index in [0.717, 1.165) is 0 Å². The molecule has 0 aliphatic carbocycles. The predicted octanol–water partition coefficient (Wildman–Crippen LogP) is 1.71. The molecule has 1 amide bonds. The third-order valence-electron chi connectivity index (χ3n) is 2.95. The normalized spacial score (nSPS) is 19.3. The van der Waals surface area contributed by atoms with E-state index >= 15 is 0 Å². The lowest BCUT2D eigenvalue weighted by atomic mass is 10.1. The maximum atomic E-state index is 12.0. The number of carbonyl (C=O) groups is 2. The minimum absolute atomic E-state index is 0.0150. The van der Waals surface area contributed by atoms with Crippen molar-refractivity contribution in [3.63, 3.8) is 0 Å². The minimum Gasteiger partial charge on any atom is -0.456 e. The minimum atomic E-state index is -0.543. The lowest BCUT2D eigenvalue weighted by Gasteiger charge is -2.21. The third kappa shape index (κ3) is 3.36. The fourth-order valence-electron chi connectivity index (χ4n) is 2.12. The lowest BCUT2D eigenvalue weighted by molar-refractivity contribution is -0.117. The van der Waals surface area contributed by atoms with E-state index in [4.69, 9.17) is 10.5 Å². The van der Waals surface area contributed by atoms with Gasteiger partial charge in [-0.2, -0.15) is 0 Å². The first kappa shape index (κ1) is 14.5. The average molecular weight is 276 g/mol. The van der Waals surface area contributed by atoms with Gasteiger partial charge in [0.15, 0.2) is 0 Å². The van der Waals surface area contributed by atoms with E-state index in [1.807, 2.05) is 20.8 Å². The molecule has 1 saturated heterocycles. The second-order valence-electron chi connectivity index (χ2n) is 6.02. The second kappa shape index (κ2) is 5.25. The van der Waals surface area contributed by atoms with E-state index in [-0.39, 0.29) is 11.9 Å². The van der Waals surface area contributed by atoms with Crippen molar-refractivity contribution in [3.8, 4) is 0 Å². The smallest absolute Gasteiger partial charge is 0.338 e. The molecule has 20 heavy (non-hydrogen) atoms. The lowest BCUT2D eigenvalue weighted by Crippen LogP contribution is -2.28. The molecule has 1 fully saturated rings. The number of esters is 1. The molecule has 2 N–H and O–H groups in total. The van der Waals surface area contributed by atoms with Gasteiger partial charge in [0.1, 0.15) is 5.60 Å². The number of ether oxygens (including phenoxy) is 1. The van der Waals surface area contributed by atoms with Crippen molar-refractivity contribution in [1.29, 1.82) is 0 Å². The van der Waals surface area contributed by atoms with Crippen LogP contribution in [0.2, 0.25) is 0 Å². The van der Waals surface area contributed by atoms with E-state index in [2.05, 4.69) is 0 Å². The first-order valence-electron chi connectivity index (χ1n) is 6.65. The highest BCUT2D eigenvalue weighted by Crippen LogP contribution is 2.23. The molecule has 1 heterocycles. The molecule has 5 heteroatoms. The quantitative estimate of drug-likeness (QED) is 0.835. The summed E-state index contributed by atoms with van der Waals surface area (Å²) < 4.78 is 5.32. The molecule has 0 saturated carbocycles. The summed E-state index contributed by atoms with van der Waals surface area (Å²) in [7, 11) is 0. The topological polar surface area (TPSA) is 72.6 Å². The zero-order chi connectivity index (χ0) is 14.9. The largest absolute Gasteiger partial charge is 0.456 e. The number of rotatable bonds is 2. The number of hydrogen-bond acceptors (Lipinski definition) is 4. The van der Waals surface area contributed by atoms with E-state index in [0.29, 0.717) is 24.2 Å². The summed E-state index contributed by atoms with van der Waals surface area (Å²) in [5.74, 6) is -0.408. The van der Waals surface area contributed by atoms with E-state index in [1.54, 1.807) is 29.2 Å². The summed E-state index contributed by atoms with van der Waals surface area (Å²) >= 11 is 0. The summed E-state index contributed by atoms with van der Waals surface area (Å²) in [4.78, 5) is 25.5. The molecule has 0 radical (unpaired) electrons. The Kier molecular flexibility index (Phi) is 3.81. The Morgan fingerprint density at radius 3 is 2.65 bits per heavy atom. The van der Waals surface area contributed by atoms with Gasteiger partial charge < -0.3 is 15.4 Å². The fourth-order valence-corrected chi connectivity index (χ4v) is 2.12. The van der Waals surface area contributed by atoms with Gasteiger partial charge in [0.05, 0.1) is 5.56 Å². The highest BCUT2D eigenvalue weighted by molar-refractivity contribution is 5.98. The maximum Gasteiger partial charge on any atom is 0.338 e. The van der Waals surface area contributed by atoms with Crippen molar-refractivity contribution >= 4 is 17.6 Å². The second-order valence-corrected chi connectivity index (χ2v) is 6.02. The molecule has 1 aliphatic heterocycles. The predicted molar refractivity (Wildman–Crippen MR) is 76.6 cm³/mol. The van der Waals surface area contributed by atoms with Crippen LogP contribution in [0.4, 0.5) is 5.69 Å². The Morgan fingerprint density at radius 2 is 2.10 bits per heavy atom. The van der Waals surface area contributed by atoms with E-state index in [1.165, 1.54) is 0 Å². The zero-order valence-electron chi connectivity index (χ0n) is 12.1. The molecule has 108 valence electrons. The Labute approximate surface area is 118 Å². The molecule has 1 atom stereocenters. The van der Waals surface area contributed by atoms with Crippen molar-refractivity contribution in [2.24, 2.45) is 5.73 Å². The number of hydrogen-bond donors (Lipinski definition) is 1. The van der Waals surface area contributed by atoms with Crippen LogP contribution < -0.4 is 10.6 Å². The highest BCUT2D eigenvalue weighted by Gasteiger charge is 2.28. The third-order valence-corrected chi connectivity index (χ3v) is 2.95. The molecule has 1 aromatic rings. The summed E-state index contributed by atoms with van der Waals surface area (Å²) in [6.07, 6.45) is 0.344. The monoisotopic (exact) mass is 276 g/mol. The highest BCUT2D eigenvalue weighted by atomic mass is 16.6. The number of benzene rings is 1. The van der Waals surface area contributed by atoms with Crippen molar-refractivity contribution in [2.45, 2.75) is 38.8 Å². The molecule has 0 spiro atoms. The van der Waals surface area contributed by atoms with Gasteiger partial charge in [-0.25, -0.2) is 4.79 Å². The van der Waals surface area contributed by atoms with Crippen LogP contribution in [0, 0.1) is 0 Å². The van der Waals surface area contributed by atoms with Gasteiger partial charge in [-0.05, 0) is 39.0 Å². The molecular formula is C15H20N2O3. The Bertz CT molecular complexity index is 534. The molecule has 0 bridgehead atoms. The van der Waals surface area contributed by atoms with Crippen LogP contribution in [0.3, 0.4) is 0 Å². The SMILES string of the molecule is CC(C)(C)OC(=O)c1cccc(N2CC(N)CC2=O)c1. The van der Waals surface area contributed by atoms with E-state index < -0.39 is 11.6 Å². The molecule has 0 aromatic heterocycles. The van der Waals surface area contributed by atoms with Gasteiger partial charge in [-0.1, -0.05) is 6.07 Å². The Morgan fingerprint density at radius 1 is 1.40 bits per heavy atom. The Hall–Kier alpha value is -1.88. The van der Waals surface area contributed by atoms with Crippen LogP contribution in [-0.2, 0) is 9.53 Å². The van der Waals surface area contributed by atoms with Gasteiger partial charge >= 0.3 is 5.97 Å². The van der Waals surface area contributed by atoms with Crippen molar-refractivity contribution < 1.29 is 14.3 Å². The maximum absolute atomic E-state index is 12.0. The number of nitrogens with two attached hydrogens (primary N) is 1. The van der Waals surface area contributed by atoms with Crippen LogP contribution in [0.1, 0.15) is 37.6 Å². The zero-order valence-corrected chi connectivity index (χ0v) is 12.1. The number of carbonyl (C=O) groups excluding carboxylic acids is 2. The number of nitrogens with zero attached hydrogens (tertiary/aromatic N) is 1. The summed E-state index contributed by atoms with van der Waals surface area (Å²) in [6, 6.07) is 6.74. The van der Waals surface area contributed by atoms with Crippen LogP contribution in [0.5, 0.6) is 0 Å². The van der Waals surface area contributed by atoms with Gasteiger partial charge in [0.2, 0.25) is 5.91 Å². The van der Waals surface area contributed by atoms with Crippen molar-refractivity contribution in [2.75, 3.05) is 11.4 Å². The molecular weight excluding hydrogens is 256 g/mol. The standard InChI is InChI=1S/C15H20N2O3/c1-15(2,3)20-14(19)10-5-4-6-12(7-10)17-9-11(16)8-13(17)18/h4-7,11H,8-9,16H2,1-3H3. The van der Waals surface area contributed by atoms with Crippen molar-refractivity contribution in [1.82, 2.24) is 0 Å². The van der Waals surface area contributed by atoms with Crippen LogP contribution in [0.25, 0.3) is 0 Å². The van der Waals surface area contributed by atoms with Gasteiger partial charge in [0, 0.05) is 24.7 Å². The molecule has 1 aromatic carbocycles.